The number of hydrazine groups is 1. The highest BCUT2D eigenvalue weighted by Gasteiger charge is 2.16. The minimum absolute atomic E-state index is 0.0287. The Kier molecular flexibility index (Phi) is 7.29. The number of benzene rings is 2. The van der Waals surface area contributed by atoms with Crippen molar-refractivity contribution >= 4 is 28.7 Å². The summed E-state index contributed by atoms with van der Waals surface area (Å²) in [6, 6.07) is 10.0. The van der Waals surface area contributed by atoms with E-state index in [4.69, 9.17) is 14.2 Å². The van der Waals surface area contributed by atoms with Gasteiger partial charge in [-0.25, -0.2) is 4.68 Å². The maximum Gasteiger partial charge on any atom is 0.290 e. The smallest absolute Gasteiger partial charge is 0.290 e. The Bertz CT molecular complexity index is 1260. The SMILES string of the molecule is CCn1nc(C(=O)NNC(=O)/C=C/c2cc(OC)c(OC)c(OC)c2)c2ccccc2c1=O. The summed E-state index contributed by atoms with van der Waals surface area (Å²) in [6.07, 6.45) is 2.76. The number of amides is 2. The fourth-order valence-corrected chi connectivity index (χ4v) is 3.21. The van der Waals surface area contributed by atoms with E-state index in [1.807, 2.05) is 0 Å². The van der Waals surface area contributed by atoms with Gasteiger partial charge in [-0.2, -0.15) is 5.10 Å². The molecule has 0 aliphatic rings. The minimum Gasteiger partial charge on any atom is -0.493 e. The molecule has 0 spiro atoms. The highest BCUT2D eigenvalue weighted by atomic mass is 16.5. The molecule has 0 radical (unpaired) electrons. The first-order valence-corrected chi connectivity index (χ1v) is 10.0. The highest BCUT2D eigenvalue weighted by molar-refractivity contribution is 6.05. The quantitative estimate of drug-likeness (QED) is 0.415. The molecule has 2 aromatic carbocycles. The van der Waals surface area contributed by atoms with Gasteiger partial charge in [-0.05, 0) is 36.8 Å². The second-order valence-corrected chi connectivity index (χ2v) is 6.75. The molecule has 0 unspecified atom stereocenters. The van der Waals surface area contributed by atoms with Gasteiger partial charge in [0.2, 0.25) is 5.75 Å². The van der Waals surface area contributed by atoms with E-state index < -0.39 is 11.8 Å². The second-order valence-electron chi connectivity index (χ2n) is 6.75. The Morgan fingerprint density at radius 2 is 1.64 bits per heavy atom. The summed E-state index contributed by atoms with van der Waals surface area (Å²) in [5.74, 6) is 0.0820. The summed E-state index contributed by atoms with van der Waals surface area (Å²) in [7, 11) is 4.48. The lowest BCUT2D eigenvalue weighted by molar-refractivity contribution is -0.117. The van der Waals surface area contributed by atoms with E-state index in [9.17, 15) is 14.4 Å². The van der Waals surface area contributed by atoms with Gasteiger partial charge in [0.1, 0.15) is 0 Å². The van der Waals surface area contributed by atoms with Crippen LogP contribution < -0.4 is 30.6 Å². The summed E-state index contributed by atoms with van der Waals surface area (Å²) >= 11 is 0. The van der Waals surface area contributed by atoms with Crippen LogP contribution in [0.1, 0.15) is 23.0 Å². The molecular formula is C23H24N4O6. The fourth-order valence-electron chi connectivity index (χ4n) is 3.21. The van der Waals surface area contributed by atoms with Crippen molar-refractivity contribution in [3.63, 3.8) is 0 Å². The van der Waals surface area contributed by atoms with Gasteiger partial charge in [-0.15, -0.1) is 0 Å². The zero-order valence-corrected chi connectivity index (χ0v) is 18.7. The standard InChI is InChI=1S/C23H24N4O6/c1-5-27-23(30)16-9-7-6-8-15(16)20(26-27)22(29)25-24-19(28)11-10-14-12-17(31-2)21(33-4)18(13-14)32-3/h6-13H,5H2,1-4H3,(H,24,28)(H,25,29)/b11-10+. The first-order chi connectivity index (χ1) is 15.9. The molecule has 0 saturated heterocycles. The second kappa shape index (κ2) is 10.3. The molecule has 0 atom stereocenters. The van der Waals surface area contributed by atoms with Gasteiger partial charge in [-0.3, -0.25) is 25.2 Å². The van der Waals surface area contributed by atoms with E-state index in [0.29, 0.717) is 40.1 Å². The number of carbonyl (C=O) groups excluding carboxylic acids is 2. The molecule has 10 nitrogen and oxygen atoms in total. The molecule has 3 rings (SSSR count). The molecule has 0 aliphatic heterocycles. The number of rotatable bonds is 7. The van der Waals surface area contributed by atoms with Crippen LogP contribution in [0.15, 0.2) is 47.3 Å². The highest BCUT2D eigenvalue weighted by Crippen LogP contribution is 2.38. The summed E-state index contributed by atoms with van der Waals surface area (Å²) in [4.78, 5) is 37.3. The molecule has 33 heavy (non-hydrogen) atoms. The van der Waals surface area contributed by atoms with Crippen molar-refractivity contribution < 1.29 is 23.8 Å². The van der Waals surface area contributed by atoms with E-state index >= 15 is 0 Å². The molecule has 0 aliphatic carbocycles. The number of aromatic nitrogens is 2. The largest absolute Gasteiger partial charge is 0.493 e. The molecule has 2 N–H and O–H groups in total. The Labute approximate surface area is 189 Å². The lowest BCUT2D eigenvalue weighted by Gasteiger charge is -2.12. The molecule has 2 amide bonds. The third-order valence-electron chi connectivity index (χ3n) is 4.80. The number of nitrogens with one attached hydrogen (secondary N) is 2. The zero-order chi connectivity index (χ0) is 24.0. The van der Waals surface area contributed by atoms with Gasteiger partial charge in [0, 0.05) is 18.0 Å². The fraction of sp³-hybridized carbons (Fsp3) is 0.217. The predicted octanol–water partition coefficient (Wildman–Crippen LogP) is 1.92. The third-order valence-corrected chi connectivity index (χ3v) is 4.80. The number of hydrogen-bond donors (Lipinski definition) is 2. The number of ether oxygens (including phenoxy) is 3. The van der Waals surface area contributed by atoms with Gasteiger partial charge >= 0.3 is 0 Å². The van der Waals surface area contributed by atoms with E-state index in [0.717, 1.165) is 0 Å². The van der Waals surface area contributed by atoms with Crippen LogP contribution in [0, 0.1) is 0 Å². The van der Waals surface area contributed by atoms with Crippen LogP contribution in [0.2, 0.25) is 0 Å². The average Bonchev–Trinajstić information content (AvgIpc) is 2.85. The van der Waals surface area contributed by atoms with Crippen LogP contribution in [0.5, 0.6) is 17.2 Å². The zero-order valence-electron chi connectivity index (χ0n) is 18.7. The Morgan fingerprint density at radius 1 is 1.00 bits per heavy atom. The van der Waals surface area contributed by atoms with Gasteiger partial charge < -0.3 is 14.2 Å². The van der Waals surface area contributed by atoms with E-state index in [1.165, 1.54) is 38.2 Å². The molecule has 1 heterocycles. The third kappa shape index (κ3) is 4.95. The number of hydrogen-bond acceptors (Lipinski definition) is 7. The monoisotopic (exact) mass is 452 g/mol. The normalized spacial score (nSPS) is 10.8. The lowest BCUT2D eigenvalue weighted by Crippen LogP contribution is -2.42. The minimum atomic E-state index is -0.650. The predicted molar refractivity (Wildman–Crippen MR) is 122 cm³/mol. The molecule has 3 aromatic rings. The van der Waals surface area contributed by atoms with Crippen molar-refractivity contribution in [2.24, 2.45) is 0 Å². The van der Waals surface area contributed by atoms with E-state index in [1.54, 1.807) is 43.3 Å². The summed E-state index contributed by atoms with van der Waals surface area (Å²) in [5, 5.41) is 4.89. The lowest BCUT2D eigenvalue weighted by atomic mass is 10.1. The number of fused-ring (bicyclic) bond motifs is 1. The number of methoxy groups -OCH3 is 3. The van der Waals surface area contributed by atoms with Gasteiger partial charge in [-0.1, -0.05) is 18.2 Å². The Hall–Kier alpha value is -4.34. The van der Waals surface area contributed by atoms with Crippen LogP contribution >= 0.6 is 0 Å². The summed E-state index contributed by atoms with van der Waals surface area (Å²) in [5.41, 5.74) is 4.99. The Balaban J connectivity index is 1.76. The first kappa shape index (κ1) is 23.3. The number of aryl methyl sites for hydroxylation is 1. The van der Waals surface area contributed by atoms with Crippen LogP contribution in [0.3, 0.4) is 0 Å². The van der Waals surface area contributed by atoms with Crippen molar-refractivity contribution in [3.05, 3.63) is 64.1 Å². The van der Waals surface area contributed by atoms with Crippen molar-refractivity contribution in [1.29, 1.82) is 0 Å². The first-order valence-electron chi connectivity index (χ1n) is 10.0. The van der Waals surface area contributed by atoms with Crippen molar-refractivity contribution in [2.75, 3.05) is 21.3 Å². The van der Waals surface area contributed by atoms with Crippen molar-refractivity contribution in [3.8, 4) is 17.2 Å². The molecule has 0 saturated carbocycles. The molecule has 0 fully saturated rings. The molecule has 1 aromatic heterocycles. The van der Waals surface area contributed by atoms with Crippen LogP contribution in [-0.4, -0.2) is 42.9 Å². The van der Waals surface area contributed by atoms with Gasteiger partial charge in [0.25, 0.3) is 17.4 Å². The Morgan fingerprint density at radius 3 is 2.21 bits per heavy atom. The molecule has 0 bridgehead atoms. The van der Waals surface area contributed by atoms with Crippen molar-refractivity contribution in [1.82, 2.24) is 20.6 Å². The molecular weight excluding hydrogens is 428 g/mol. The van der Waals surface area contributed by atoms with Crippen LogP contribution in [0.4, 0.5) is 0 Å². The average molecular weight is 452 g/mol. The van der Waals surface area contributed by atoms with Crippen LogP contribution in [0.25, 0.3) is 16.8 Å². The maximum atomic E-state index is 12.7. The number of carbonyl (C=O) groups is 2. The van der Waals surface area contributed by atoms with Gasteiger partial charge in [0.05, 0.1) is 26.7 Å². The molecule has 172 valence electrons. The maximum absolute atomic E-state index is 12.7. The topological polar surface area (TPSA) is 121 Å². The van der Waals surface area contributed by atoms with Gasteiger partial charge in [0.15, 0.2) is 17.2 Å². The van der Waals surface area contributed by atoms with E-state index in [2.05, 4.69) is 16.0 Å². The summed E-state index contributed by atoms with van der Waals surface area (Å²) < 4.78 is 17.0. The van der Waals surface area contributed by atoms with Crippen molar-refractivity contribution in [2.45, 2.75) is 13.5 Å². The van der Waals surface area contributed by atoms with Crippen LogP contribution in [-0.2, 0) is 11.3 Å². The number of nitrogens with zero attached hydrogens (tertiary/aromatic N) is 2. The van der Waals surface area contributed by atoms with E-state index in [-0.39, 0.29) is 11.3 Å². The molecule has 10 heteroatoms. The summed E-state index contributed by atoms with van der Waals surface area (Å²) in [6.45, 7) is 2.05.